The summed E-state index contributed by atoms with van der Waals surface area (Å²) in [5.74, 6) is -1.21. The molecule has 1 aromatic heterocycles. The maximum Gasteiger partial charge on any atom is 0.435 e. The van der Waals surface area contributed by atoms with Gasteiger partial charge in [0.05, 0.1) is 22.5 Å². The molecule has 8 heteroatoms. The number of carbonyl (C=O) groups excluding carboxylic acids is 1. The van der Waals surface area contributed by atoms with Crippen LogP contribution < -0.4 is 0 Å². The number of benzene rings is 1. The summed E-state index contributed by atoms with van der Waals surface area (Å²) < 4.78 is 39.4. The Kier molecular flexibility index (Phi) is 3.54. The van der Waals surface area contributed by atoms with Crippen LogP contribution in [0.15, 0.2) is 24.3 Å². The minimum absolute atomic E-state index is 0.0140. The molecule has 0 aliphatic carbocycles. The second-order valence-electron chi connectivity index (χ2n) is 4.23. The number of aromatic carboxylic acids is 1. The van der Waals surface area contributed by atoms with Crippen LogP contribution in [0.1, 0.15) is 32.1 Å². The lowest BCUT2D eigenvalue weighted by Crippen LogP contribution is -2.09. The number of hydrogen-bond acceptors (Lipinski definition) is 3. The zero-order chi connectivity index (χ0) is 15.8. The Bertz CT molecular complexity index is 720. The second-order valence-corrected chi connectivity index (χ2v) is 4.23. The molecule has 0 aliphatic rings. The maximum absolute atomic E-state index is 12.8. The predicted molar refractivity (Wildman–Crippen MR) is 65.6 cm³/mol. The van der Waals surface area contributed by atoms with Crippen LogP contribution in [0, 0.1) is 6.92 Å². The summed E-state index contributed by atoms with van der Waals surface area (Å²) in [5, 5.41) is 12.3. The van der Waals surface area contributed by atoms with Gasteiger partial charge in [-0.2, -0.15) is 18.3 Å². The molecule has 0 amide bonds. The molecule has 21 heavy (non-hydrogen) atoms. The Morgan fingerprint density at radius 3 is 2.52 bits per heavy atom. The average Bonchev–Trinajstić information content (AvgIpc) is 2.75. The molecule has 0 unspecified atom stereocenters. The van der Waals surface area contributed by atoms with Crippen molar-refractivity contribution in [2.45, 2.75) is 13.1 Å². The van der Waals surface area contributed by atoms with Crippen LogP contribution in [0.2, 0.25) is 0 Å². The summed E-state index contributed by atoms with van der Waals surface area (Å²) in [7, 11) is 0. The number of nitrogens with zero attached hydrogens (tertiary/aromatic N) is 2. The average molecular weight is 298 g/mol. The van der Waals surface area contributed by atoms with Gasteiger partial charge in [0.1, 0.15) is 0 Å². The summed E-state index contributed by atoms with van der Waals surface area (Å²) >= 11 is 0. The van der Waals surface area contributed by atoms with E-state index in [9.17, 15) is 22.8 Å². The van der Waals surface area contributed by atoms with Crippen LogP contribution in [-0.4, -0.2) is 27.1 Å². The van der Waals surface area contributed by atoms with Crippen molar-refractivity contribution in [2.75, 3.05) is 0 Å². The van der Waals surface area contributed by atoms with Crippen LogP contribution in [0.4, 0.5) is 13.2 Å². The van der Waals surface area contributed by atoms with E-state index in [1.807, 2.05) is 0 Å². The molecular weight excluding hydrogens is 289 g/mol. The third kappa shape index (κ3) is 2.64. The Labute approximate surface area is 116 Å². The molecule has 0 fully saturated rings. The summed E-state index contributed by atoms with van der Waals surface area (Å²) in [6, 6.07) is 5.27. The molecule has 0 atom stereocenters. The Morgan fingerprint density at radius 2 is 2.05 bits per heavy atom. The fourth-order valence-electron chi connectivity index (χ4n) is 1.89. The lowest BCUT2D eigenvalue weighted by molar-refractivity contribution is -0.141. The van der Waals surface area contributed by atoms with E-state index in [1.165, 1.54) is 31.2 Å². The predicted octanol–water partition coefficient (Wildman–Crippen LogP) is 2.71. The molecule has 2 rings (SSSR count). The fourth-order valence-corrected chi connectivity index (χ4v) is 1.89. The zero-order valence-electron chi connectivity index (χ0n) is 10.7. The Morgan fingerprint density at radius 1 is 1.38 bits per heavy atom. The van der Waals surface area contributed by atoms with E-state index in [0.29, 0.717) is 0 Å². The number of hydrogen-bond donors (Lipinski definition) is 1. The van der Waals surface area contributed by atoms with Crippen molar-refractivity contribution in [3.63, 3.8) is 0 Å². The molecule has 0 spiro atoms. The molecule has 110 valence electrons. The number of alkyl halides is 3. The van der Waals surface area contributed by atoms with Crippen LogP contribution in [0.3, 0.4) is 0 Å². The third-order valence-corrected chi connectivity index (χ3v) is 2.89. The van der Waals surface area contributed by atoms with Gasteiger partial charge in [-0.15, -0.1) is 0 Å². The highest BCUT2D eigenvalue weighted by atomic mass is 19.4. The first-order chi connectivity index (χ1) is 9.75. The highest BCUT2D eigenvalue weighted by molar-refractivity contribution is 5.88. The monoisotopic (exact) mass is 298 g/mol. The first-order valence-electron chi connectivity index (χ1n) is 5.71. The van der Waals surface area contributed by atoms with E-state index in [1.54, 1.807) is 0 Å². The smallest absolute Gasteiger partial charge is 0.435 e. The molecule has 5 nitrogen and oxygen atoms in total. The summed E-state index contributed by atoms with van der Waals surface area (Å²) in [5.41, 5.74) is -1.84. The van der Waals surface area contributed by atoms with Gasteiger partial charge in [-0.25, -0.2) is 9.48 Å². The minimum atomic E-state index is -4.77. The Balaban J connectivity index is 2.65. The van der Waals surface area contributed by atoms with Gasteiger partial charge in [-0.1, -0.05) is 6.07 Å². The highest BCUT2D eigenvalue weighted by Crippen LogP contribution is 2.32. The molecule has 0 saturated heterocycles. The third-order valence-electron chi connectivity index (χ3n) is 2.89. The minimum Gasteiger partial charge on any atom is -0.478 e. The summed E-state index contributed by atoms with van der Waals surface area (Å²) in [4.78, 5) is 21.8. The van der Waals surface area contributed by atoms with Crippen molar-refractivity contribution < 1.29 is 27.9 Å². The summed E-state index contributed by atoms with van der Waals surface area (Å²) in [6.45, 7) is 1.30. The molecule has 0 radical (unpaired) electrons. The SMILES string of the molecule is Cc1c(C=O)c(C(F)(F)F)nn1-c1cccc(C(=O)O)c1. The Hall–Kier alpha value is -2.64. The van der Waals surface area contributed by atoms with E-state index in [0.717, 1.165) is 4.68 Å². The van der Waals surface area contributed by atoms with E-state index < -0.39 is 23.4 Å². The number of rotatable bonds is 3. The van der Waals surface area contributed by atoms with E-state index in [-0.39, 0.29) is 23.2 Å². The summed E-state index contributed by atoms with van der Waals surface area (Å²) in [6.07, 6.45) is -4.68. The molecule has 1 heterocycles. The van der Waals surface area contributed by atoms with E-state index in [4.69, 9.17) is 5.11 Å². The second kappa shape index (κ2) is 5.04. The van der Waals surface area contributed by atoms with Gasteiger partial charge in [0.2, 0.25) is 0 Å². The lowest BCUT2D eigenvalue weighted by Gasteiger charge is -2.05. The van der Waals surface area contributed by atoms with Gasteiger partial charge in [-0.05, 0) is 25.1 Å². The van der Waals surface area contributed by atoms with Gasteiger partial charge in [-0.3, -0.25) is 4.79 Å². The molecule has 1 N–H and O–H groups in total. The van der Waals surface area contributed by atoms with Crippen molar-refractivity contribution in [3.8, 4) is 5.69 Å². The van der Waals surface area contributed by atoms with Crippen LogP contribution in [0.5, 0.6) is 0 Å². The standard InChI is InChI=1S/C13H9F3N2O3/c1-7-10(6-19)11(13(14,15)16)17-18(7)9-4-2-3-8(5-9)12(20)21/h2-6H,1H3,(H,20,21). The molecule has 0 saturated carbocycles. The number of aromatic nitrogens is 2. The zero-order valence-corrected chi connectivity index (χ0v) is 10.7. The first-order valence-corrected chi connectivity index (χ1v) is 5.71. The molecule has 0 aliphatic heterocycles. The van der Waals surface area contributed by atoms with Gasteiger partial charge in [0, 0.05) is 0 Å². The molecule has 0 bridgehead atoms. The quantitative estimate of drug-likeness (QED) is 0.884. The number of carboxylic acid groups (broad SMARTS) is 1. The fraction of sp³-hybridized carbons (Fsp3) is 0.154. The van der Waals surface area contributed by atoms with Crippen LogP contribution >= 0.6 is 0 Å². The molecule has 1 aromatic carbocycles. The van der Waals surface area contributed by atoms with Crippen molar-refractivity contribution in [2.24, 2.45) is 0 Å². The normalized spacial score (nSPS) is 11.4. The topological polar surface area (TPSA) is 72.2 Å². The van der Waals surface area contributed by atoms with Gasteiger partial charge < -0.3 is 5.11 Å². The highest BCUT2D eigenvalue weighted by Gasteiger charge is 2.38. The van der Waals surface area contributed by atoms with Gasteiger partial charge in [0.25, 0.3) is 0 Å². The van der Waals surface area contributed by atoms with Crippen molar-refractivity contribution in [1.82, 2.24) is 9.78 Å². The lowest BCUT2D eigenvalue weighted by atomic mass is 10.2. The van der Waals surface area contributed by atoms with E-state index in [2.05, 4.69) is 5.10 Å². The van der Waals surface area contributed by atoms with Crippen LogP contribution in [-0.2, 0) is 6.18 Å². The van der Waals surface area contributed by atoms with Crippen molar-refractivity contribution in [3.05, 3.63) is 46.8 Å². The largest absolute Gasteiger partial charge is 0.478 e. The maximum atomic E-state index is 12.8. The van der Waals surface area contributed by atoms with E-state index >= 15 is 0 Å². The van der Waals surface area contributed by atoms with Crippen molar-refractivity contribution >= 4 is 12.3 Å². The number of aldehydes is 1. The number of carboxylic acids is 1. The van der Waals surface area contributed by atoms with Gasteiger partial charge >= 0.3 is 12.1 Å². The van der Waals surface area contributed by atoms with Crippen LogP contribution in [0.25, 0.3) is 5.69 Å². The molecular formula is C13H9F3N2O3. The molecule has 2 aromatic rings. The van der Waals surface area contributed by atoms with Crippen molar-refractivity contribution in [1.29, 1.82) is 0 Å². The number of carbonyl (C=O) groups is 2. The van der Waals surface area contributed by atoms with Gasteiger partial charge in [0.15, 0.2) is 12.0 Å². The number of halogens is 3. The first kappa shape index (κ1) is 14.8.